The lowest BCUT2D eigenvalue weighted by molar-refractivity contribution is -0.176. The maximum Gasteiger partial charge on any atom is 0.338 e. The standard InChI is InChI=1S/C32H48O4/c1-21(9-8-18-35-4)25-14-15-26-29-27(16-17-31(25,26)2)32(3)20-24(13-12-23(32)19-28(29)33)36-30(34)22-10-6-5-7-11-22/h5-7,10-11,21,23-29,33H,8-9,12-20H2,1-4H3/t21-,23?,24+,25-,26+,27+,28-,29+,31-,32+/m1/s1. The van der Waals surface area contributed by atoms with Crippen LogP contribution in [0, 0.1) is 46.3 Å². The molecule has 0 aromatic heterocycles. The van der Waals surface area contributed by atoms with Gasteiger partial charge in [0.1, 0.15) is 6.10 Å². The molecule has 4 saturated carbocycles. The molecule has 10 atom stereocenters. The number of carbonyl (C=O) groups is 1. The number of esters is 1. The molecule has 4 heteroatoms. The summed E-state index contributed by atoms with van der Waals surface area (Å²) in [7, 11) is 1.80. The highest BCUT2D eigenvalue weighted by Crippen LogP contribution is 2.68. The Kier molecular flexibility index (Phi) is 7.58. The van der Waals surface area contributed by atoms with E-state index in [4.69, 9.17) is 9.47 Å². The number of aliphatic hydroxyl groups excluding tert-OH is 1. The maximum atomic E-state index is 12.8. The molecule has 1 unspecified atom stereocenters. The first kappa shape index (κ1) is 26.2. The average Bonchev–Trinajstić information content (AvgIpc) is 3.22. The van der Waals surface area contributed by atoms with E-state index in [0.717, 1.165) is 44.6 Å². The summed E-state index contributed by atoms with van der Waals surface area (Å²) in [6.45, 7) is 8.36. The van der Waals surface area contributed by atoms with Gasteiger partial charge in [-0.15, -0.1) is 0 Å². The smallest absolute Gasteiger partial charge is 0.338 e. The molecule has 0 radical (unpaired) electrons. The Morgan fingerprint density at radius 3 is 2.56 bits per heavy atom. The minimum Gasteiger partial charge on any atom is -0.459 e. The zero-order valence-electron chi connectivity index (χ0n) is 23.0. The molecule has 0 heterocycles. The molecule has 0 aliphatic heterocycles. The van der Waals surface area contributed by atoms with Crippen LogP contribution in [0.4, 0.5) is 0 Å². The van der Waals surface area contributed by atoms with Crippen molar-refractivity contribution in [3.05, 3.63) is 35.9 Å². The van der Waals surface area contributed by atoms with Crippen LogP contribution in [-0.2, 0) is 9.47 Å². The van der Waals surface area contributed by atoms with Gasteiger partial charge in [0.25, 0.3) is 0 Å². The Labute approximate surface area is 218 Å². The molecule has 200 valence electrons. The quantitative estimate of drug-likeness (QED) is 0.329. The third kappa shape index (κ3) is 4.55. The Morgan fingerprint density at radius 1 is 1.06 bits per heavy atom. The monoisotopic (exact) mass is 496 g/mol. The van der Waals surface area contributed by atoms with Crippen LogP contribution in [0.15, 0.2) is 30.3 Å². The molecular weight excluding hydrogens is 448 g/mol. The van der Waals surface area contributed by atoms with Gasteiger partial charge in [-0.25, -0.2) is 4.79 Å². The van der Waals surface area contributed by atoms with Gasteiger partial charge in [0.15, 0.2) is 0 Å². The number of benzene rings is 1. The number of hydrogen-bond donors (Lipinski definition) is 1. The van der Waals surface area contributed by atoms with Crippen molar-refractivity contribution in [1.82, 2.24) is 0 Å². The van der Waals surface area contributed by atoms with Crippen LogP contribution >= 0.6 is 0 Å². The fraction of sp³-hybridized carbons (Fsp3) is 0.781. The molecule has 4 fully saturated rings. The van der Waals surface area contributed by atoms with E-state index < -0.39 is 0 Å². The molecule has 36 heavy (non-hydrogen) atoms. The van der Waals surface area contributed by atoms with E-state index in [1.54, 1.807) is 7.11 Å². The molecule has 0 amide bonds. The van der Waals surface area contributed by atoms with E-state index in [-0.39, 0.29) is 23.6 Å². The summed E-state index contributed by atoms with van der Waals surface area (Å²) >= 11 is 0. The topological polar surface area (TPSA) is 55.8 Å². The van der Waals surface area contributed by atoms with Crippen molar-refractivity contribution in [1.29, 1.82) is 0 Å². The van der Waals surface area contributed by atoms with Gasteiger partial charge >= 0.3 is 5.97 Å². The van der Waals surface area contributed by atoms with Gasteiger partial charge in [-0.3, -0.25) is 0 Å². The third-order valence-electron chi connectivity index (χ3n) is 11.6. The summed E-state index contributed by atoms with van der Waals surface area (Å²) in [6, 6.07) is 9.42. The second-order valence-corrected chi connectivity index (χ2v) is 13.3. The molecule has 4 aliphatic carbocycles. The minimum absolute atomic E-state index is 0.0136. The van der Waals surface area contributed by atoms with Crippen LogP contribution in [-0.4, -0.2) is 37.0 Å². The number of aliphatic hydroxyl groups is 1. The van der Waals surface area contributed by atoms with Gasteiger partial charge in [0, 0.05) is 13.7 Å². The molecule has 1 aromatic rings. The molecule has 0 spiro atoms. The fourth-order valence-electron chi connectivity index (χ4n) is 9.89. The normalized spacial score (nSPS) is 42.6. The SMILES string of the molecule is COCCC[C@@H](C)[C@H]1CC[C@H]2[C@@H]3[C@H](O)CC4CC[C@H](OC(=O)c5ccccc5)C[C@]4(C)[C@H]3CC[C@]12C. The van der Waals surface area contributed by atoms with Crippen LogP contribution in [0.1, 0.15) is 95.3 Å². The van der Waals surface area contributed by atoms with Gasteiger partial charge in [-0.05, 0) is 123 Å². The Balaban J connectivity index is 1.31. The van der Waals surface area contributed by atoms with Gasteiger partial charge in [0.2, 0.25) is 0 Å². The zero-order valence-corrected chi connectivity index (χ0v) is 23.0. The summed E-state index contributed by atoms with van der Waals surface area (Å²) in [6.07, 6.45) is 11.1. The first-order valence-electron chi connectivity index (χ1n) is 14.7. The van der Waals surface area contributed by atoms with E-state index in [0.29, 0.717) is 40.6 Å². The second-order valence-electron chi connectivity index (χ2n) is 13.3. The Hall–Kier alpha value is -1.39. The van der Waals surface area contributed by atoms with E-state index >= 15 is 0 Å². The number of carbonyl (C=O) groups excluding carboxylic acids is 1. The largest absolute Gasteiger partial charge is 0.459 e. The van der Waals surface area contributed by atoms with Crippen molar-refractivity contribution < 1.29 is 19.4 Å². The highest BCUT2D eigenvalue weighted by molar-refractivity contribution is 5.89. The molecule has 1 aromatic carbocycles. The molecular formula is C32H48O4. The predicted octanol–water partition coefficient (Wildman–Crippen LogP) is 6.90. The van der Waals surface area contributed by atoms with Gasteiger partial charge in [-0.2, -0.15) is 0 Å². The van der Waals surface area contributed by atoms with Crippen molar-refractivity contribution in [2.24, 2.45) is 46.3 Å². The molecule has 0 saturated heterocycles. The first-order chi connectivity index (χ1) is 17.3. The summed E-state index contributed by atoms with van der Waals surface area (Å²) in [5.74, 6) is 3.36. The maximum absolute atomic E-state index is 12.8. The van der Waals surface area contributed by atoms with Crippen molar-refractivity contribution in [3.63, 3.8) is 0 Å². The molecule has 4 nitrogen and oxygen atoms in total. The van der Waals surface area contributed by atoms with Crippen molar-refractivity contribution >= 4 is 5.97 Å². The van der Waals surface area contributed by atoms with E-state index in [9.17, 15) is 9.90 Å². The number of fused-ring (bicyclic) bond motifs is 5. The number of hydrogen-bond acceptors (Lipinski definition) is 4. The summed E-state index contributed by atoms with van der Waals surface area (Å²) in [4.78, 5) is 12.8. The van der Waals surface area contributed by atoms with E-state index in [1.165, 1.54) is 32.1 Å². The second kappa shape index (κ2) is 10.4. The van der Waals surface area contributed by atoms with Gasteiger partial charge in [-0.1, -0.05) is 39.0 Å². The first-order valence-corrected chi connectivity index (χ1v) is 14.7. The lowest BCUT2D eigenvalue weighted by atomic mass is 9.43. The molecule has 0 bridgehead atoms. The number of ether oxygens (including phenoxy) is 2. The van der Waals surface area contributed by atoms with E-state index in [2.05, 4.69) is 20.8 Å². The average molecular weight is 497 g/mol. The van der Waals surface area contributed by atoms with Crippen LogP contribution in [0.2, 0.25) is 0 Å². The minimum atomic E-state index is -0.188. The van der Waals surface area contributed by atoms with Crippen LogP contribution < -0.4 is 0 Å². The third-order valence-corrected chi connectivity index (χ3v) is 11.6. The summed E-state index contributed by atoms with van der Waals surface area (Å²) < 4.78 is 11.4. The van der Waals surface area contributed by atoms with Crippen LogP contribution in [0.25, 0.3) is 0 Å². The van der Waals surface area contributed by atoms with E-state index in [1.807, 2.05) is 30.3 Å². The summed E-state index contributed by atoms with van der Waals surface area (Å²) in [5.41, 5.74) is 1.13. The number of methoxy groups -OCH3 is 1. The van der Waals surface area contributed by atoms with Gasteiger partial charge in [0.05, 0.1) is 11.7 Å². The van der Waals surface area contributed by atoms with Crippen LogP contribution in [0.3, 0.4) is 0 Å². The Bertz CT molecular complexity index is 901. The lowest BCUT2D eigenvalue weighted by Gasteiger charge is -2.62. The van der Waals surface area contributed by atoms with Crippen molar-refractivity contribution in [3.8, 4) is 0 Å². The summed E-state index contributed by atoms with van der Waals surface area (Å²) in [5, 5.41) is 11.6. The van der Waals surface area contributed by atoms with Crippen LogP contribution in [0.5, 0.6) is 0 Å². The van der Waals surface area contributed by atoms with Gasteiger partial charge < -0.3 is 14.6 Å². The fourth-order valence-corrected chi connectivity index (χ4v) is 9.89. The van der Waals surface area contributed by atoms with Crippen molar-refractivity contribution in [2.45, 2.75) is 97.2 Å². The highest BCUT2D eigenvalue weighted by atomic mass is 16.5. The lowest BCUT2D eigenvalue weighted by Crippen LogP contribution is -2.59. The molecule has 5 rings (SSSR count). The zero-order chi connectivity index (χ0) is 25.5. The van der Waals surface area contributed by atoms with Crippen molar-refractivity contribution in [2.75, 3.05) is 13.7 Å². The highest BCUT2D eigenvalue weighted by Gasteiger charge is 2.63. The number of rotatable bonds is 7. The molecule has 1 N–H and O–H groups in total. The Morgan fingerprint density at radius 2 is 1.81 bits per heavy atom. The molecule has 4 aliphatic rings. The predicted molar refractivity (Wildman–Crippen MR) is 143 cm³/mol.